The van der Waals surface area contributed by atoms with Crippen molar-refractivity contribution >= 4 is 10.0 Å². The average molecular weight is 343 g/mol. The number of benzene rings is 2. The SMILES string of the molecule is Cc1ccc(S(=O)(=O)N(C)Cc2noc(-c3ccccc3)n2)cc1. The first-order valence-electron chi connectivity index (χ1n) is 7.38. The summed E-state index contributed by atoms with van der Waals surface area (Å²) in [6.45, 7) is 1.94. The van der Waals surface area contributed by atoms with Gasteiger partial charge in [-0.3, -0.25) is 0 Å². The number of aryl methyl sites for hydroxylation is 1. The molecule has 0 N–H and O–H groups in total. The summed E-state index contributed by atoms with van der Waals surface area (Å²) in [4.78, 5) is 4.50. The van der Waals surface area contributed by atoms with Gasteiger partial charge in [-0.05, 0) is 31.2 Å². The molecule has 0 fully saturated rings. The minimum absolute atomic E-state index is 0.0343. The molecule has 6 nitrogen and oxygen atoms in total. The van der Waals surface area contributed by atoms with E-state index in [2.05, 4.69) is 10.1 Å². The third-order valence-electron chi connectivity index (χ3n) is 3.58. The summed E-state index contributed by atoms with van der Waals surface area (Å²) in [5, 5.41) is 3.86. The van der Waals surface area contributed by atoms with E-state index in [1.54, 1.807) is 24.3 Å². The predicted octanol–water partition coefficient (Wildman–Crippen LogP) is 2.87. The van der Waals surface area contributed by atoms with Crippen LogP contribution in [-0.4, -0.2) is 29.9 Å². The Morgan fingerprint density at radius 1 is 1.04 bits per heavy atom. The fourth-order valence-electron chi connectivity index (χ4n) is 2.19. The van der Waals surface area contributed by atoms with E-state index in [0.717, 1.165) is 11.1 Å². The Morgan fingerprint density at radius 2 is 1.71 bits per heavy atom. The molecule has 3 aromatic rings. The van der Waals surface area contributed by atoms with Crippen LogP contribution in [0, 0.1) is 6.92 Å². The average Bonchev–Trinajstić information content (AvgIpc) is 3.04. The lowest BCUT2D eigenvalue weighted by atomic mass is 10.2. The van der Waals surface area contributed by atoms with Gasteiger partial charge in [0.15, 0.2) is 5.82 Å². The Labute approximate surface area is 140 Å². The highest BCUT2D eigenvalue weighted by molar-refractivity contribution is 7.89. The molecule has 0 amide bonds. The topological polar surface area (TPSA) is 76.3 Å². The van der Waals surface area contributed by atoms with Crippen molar-refractivity contribution < 1.29 is 12.9 Å². The maximum Gasteiger partial charge on any atom is 0.257 e. The molecule has 0 radical (unpaired) electrons. The highest BCUT2D eigenvalue weighted by Crippen LogP contribution is 2.19. The lowest BCUT2D eigenvalue weighted by Crippen LogP contribution is -2.27. The van der Waals surface area contributed by atoms with E-state index < -0.39 is 10.0 Å². The summed E-state index contributed by atoms with van der Waals surface area (Å²) in [5.41, 5.74) is 1.79. The van der Waals surface area contributed by atoms with Gasteiger partial charge in [0, 0.05) is 12.6 Å². The van der Waals surface area contributed by atoms with Crippen molar-refractivity contribution in [1.29, 1.82) is 0 Å². The van der Waals surface area contributed by atoms with E-state index in [1.807, 2.05) is 37.3 Å². The zero-order chi connectivity index (χ0) is 17.2. The van der Waals surface area contributed by atoms with Gasteiger partial charge in [-0.25, -0.2) is 8.42 Å². The largest absolute Gasteiger partial charge is 0.334 e. The Kier molecular flexibility index (Phi) is 4.46. The molecule has 0 atom stereocenters. The lowest BCUT2D eigenvalue weighted by molar-refractivity contribution is 0.402. The predicted molar refractivity (Wildman–Crippen MR) is 89.6 cm³/mol. The second kappa shape index (κ2) is 6.54. The third kappa shape index (κ3) is 3.37. The summed E-state index contributed by atoms with van der Waals surface area (Å²) in [5.74, 6) is 0.679. The van der Waals surface area contributed by atoms with Gasteiger partial charge in [-0.2, -0.15) is 9.29 Å². The van der Waals surface area contributed by atoms with Crippen LogP contribution in [0.3, 0.4) is 0 Å². The molecule has 0 bridgehead atoms. The van der Waals surface area contributed by atoms with E-state index in [0.29, 0.717) is 11.7 Å². The number of sulfonamides is 1. The third-order valence-corrected chi connectivity index (χ3v) is 5.40. The summed E-state index contributed by atoms with van der Waals surface area (Å²) in [6.07, 6.45) is 0. The lowest BCUT2D eigenvalue weighted by Gasteiger charge is -2.15. The van der Waals surface area contributed by atoms with Crippen molar-refractivity contribution in [2.24, 2.45) is 0 Å². The molecule has 0 aliphatic rings. The Hall–Kier alpha value is -2.51. The van der Waals surface area contributed by atoms with Gasteiger partial charge in [0.2, 0.25) is 10.0 Å². The molecule has 2 aromatic carbocycles. The van der Waals surface area contributed by atoms with E-state index >= 15 is 0 Å². The van der Waals surface area contributed by atoms with Crippen molar-refractivity contribution in [3.8, 4) is 11.5 Å². The fourth-order valence-corrected chi connectivity index (χ4v) is 3.32. The van der Waals surface area contributed by atoms with E-state index in [9.17, 15) is 8.42 Å². The van der Waals surface area contributed by atoms with Crippen LogP contribution in [0.1, 0.15) is 11.4 Å². The van der Waals surface area contributed by atoms with Crippen LogP contribution in [0.2, 0.25) is 0 Å². The number of hydrogen-bond donors (Lipinski definition) is 0. The van der Waals surface area contributed by atoms with Gasteiger partial charge in [0.1, 0.15) is 0 Å². The van der Waals surface area contributed by atoms with Gasteiger partial charge >= 0.3 is 0 Å². The van der Waals surface area contributed by atoms with Crippen LogP contribution < -0.4 is 0 Å². The smallest absolute Gasteiger partial charge is 0.257 e. The van der Waals surface area contributed by atoms with E-state index in [4.69, 9.17) is 4.52 Å². The first-order chi connectivity index (χ1) is 11.5. The van der Waals surface area contributed by atoms with Crippen molar-refractivity contribution in [2.75, 3.05) is 7.05 Å². The highest BCUT2D eigenvalue weighted by Gasteiger charge is 2.22. The zero-order valence-corrected chi connectivity index (χ0v) is 14.2. The molecule has 0 saturated heterocycles. The molecular formula is C17H17N3O3S. The molecule has 1 aromatic heterocycles. The van der Waals surface area contributed by atoms with Crippen molar-refractivity contribution in [1.82, 2.24) is 14.4 Å². The van der Waals surface area contributed by atoms with Gasteiger partial charge in [-0.15, -0.1) is 0 Å². The first kappa shape index (κ1) is 16.4. The molecule has 0 unspecified atom stereocenters. The summed E-state index contributed by atoms with van der Waals surface area (Å²) < 4.78 is 31.5. The fraction of sp³-hybridized carbons (Fsp3) is 0.176. The van der Waals surface area contributed by atoms with Crippen molar-refractivity contribution in [2.45, 2.75) is 18.4 Å². The number of aromatic nitrogens is 2. The van der Waals surface area contributed by atoms with Gasteiger partial charge in [-0.1, -0.05) is 41.1 Å². The second-order valence-electron chi connectivity index (χ2n) is 5.46. The minimum Gasteiger partial charge on any atom is -0.334 e. The maximum atomic E-state index is 12.6. The molecule has 24 heavy (non-hydrogen) atoms. The van der Waals surface area contributed by atoms with Crippen LogP contribution in [0.5, 0.6) is 0 Å². The van der Waals surface area contributed by atoms with Gasteiger partial charge in [0.25, 0.3) is 5.89 Å². The quantitative estimate of drug-likeness (QED) is 0.712. The standard InChI is InChI=1S/C17H17N3O3S/c1-13-8-10-15(11-9-13)24(21,22)20(2)12-16-18-17(23-19-16)14-6-4-3-5-7-14/h3-11H,12H2,1-2H3. The normalized spacial score (nSPS) is 11.8. The molecule has 3 rings (SSSR count). The molecule has 7 heteroatoms. The highest BCUT2D eigenvalue weighted by atomic mass is 32.2. The van der Waals surface area contributed by atoms with Crippen LogP contribution in [0.15, 0.2) is 64.0 Å². The van der Waals surface area contributed by atoms with Gasteiger partial charge in [0.05, 0.1) is 11.4 Å². The summed E-state index contributed by atoms with van der Waals surface area (Å²) >= 11 is 0. The molecule has 0 aliphatic carbocycles. The molecule has 0 aliphatic heterocycles. The zero-order valence-electron chi connectivity index (χ0n) is 13.4. The number of rotatable bonds is 5. The molecular weight excluding hydrogens is 326 g/mol. The minimum atomic E-state index is -3.60. The maximum absolute atomic E-state index is 12.6. The van der Waals surface area contributed by atoms with Crippen LogP contribution in [0.4, 0.5) is 0 Å². The Morgan fingerprint density at radius 3 is 2.38 bits per heavy atom. The molecule has 124 valence electrons. The molecule has 0 spiro atoms. The number of nitrogens with zero attached hydrogens (tertiary/aromatic N) is 3. The van der Waals surface area contributed by atoms with Crippen LogP contribution in [-0.2, 0) is 16.6 Å². The van der Waals surface area contributed by atoms with E-state index in [1.165, 1.54) is 11.4 Å². The van der Waals surface area contributed by atoms with Gasteiger partial charge < -0.3 is 4.52 Å². The van der Waals surface area contributed by atoms with Crippen LogP contribution >= 0.6 is 0 Å². The second-order valence-corrected chi connectivity index (χ2v) is 7.50. The van der Waals surface area contributed by atoms with E-state index in [-0.39, 0.29) is 11.4 Å². The Balaban J connectivity index is 1.78. The summed E-state index contributed by atoms with van der Waals surface area (Å²) in [6, 6.07) is 16.0. The van der Waals surface area contributed by atoms with Crippen LogP contribution in [0.25, 0.3) is 11.5 Å². The number of hydrogen-bond acceptors (Lipinski definition) is 5. The molecule has 1 heterocycles. The summed E-state index contributed by atoms with van der Waals surface area (Å²) in [7, 11) is -2.10. The monoisotopic (exact) mass is 343 g/mol. The Bertz CT molecular complexity index is 919. The van der Waals surface area contributed by atoms with Crippen molar-refractivity contribution in [3.05, 3.63) is 66.0 Å². The first-order valence-corrected chi connectivity index (χ1v) is 8.82. The van der Waals surface area contributed by atoms with Crippen molar-refractivity contribution in [3.63, 3.8) is 0 Å². The molecule has 0 saturated carbocycles.